The second-order valence-electron chi connectivity index (χ2n) is 3.33. The molecular weight excluding hydrogens is 214 g/mol. The molecule has 0 aromatic heterocycles. The summed E-state index contributed by atoms with van der Waals surface area (Å²) in [6.07, 6.45) is 0.481. The lowest BCUT2D eigenvalue weighted by atomic mass is 10.0. The number of hydrogen-bond donors (Lipinski definition) is 2. The van der Waals surface area contributed by atoms with Crippen LogP contribution < -0.4 is 5.32 Å². The van der Waals surface area contributed by atoms with Gasteiger partial charge in [-0.15, -0.1) is 11.6 Å². The maximum absolute atomic E-state index is 10.8. The zero-order valence-corrected chi connectivity index (χ0v) is 9.29. The predicted octanol–water partition coefficient (Wildman–Crippen LogP) is 1.64. The number of halogens is 1. The van der Waals surface area contributed by atoms with Crippen LogP contribution in [0.15, 0.2) is 24.3 Å². The van der Waals surface area contributed by atoms with Crippen LogP contribution in [0.4, 0.5) is 0 Å². The highest BCUT2D eigenvalue weighted by atomic mass is 35.5. The number of hydrogen-bond acceptors (Lipinski definition) is 2. The van der Waals surface area contributed by atoms with Crippen molar-refractivity contribution >= 4 is 17.6 Å². The van der Waals surface area contributed by atoms with Gasteiger partial charge >= 0.3 is 5.97 Å². The average molecular weight is 228 g/mol. The third-order valence-electron chi connectivity index (χ3n) is 2.26. The Labute approximate surface area is 94.1 Å². The smallest absolute Gasteiger partial charge is 0.321 e. The first-order chi connectivity index (χ1) is 7.17. The predicted molar refractivity (Wildman–Crippen MR) is 60.2 cm³/mol. The Kier molecular flexibility index (Phi) is 4.59. The molecule has 0 saturated heterocycles. The summed E-state index contributed by atoms with van der Waals surface area (Å²) in [5, 5.41) is 11.6. The zero-order chi connectivity index (χ0) is 11.3. The first-order valence-corrected chi connectivity index (χ1v) is 5.24. The van der Waals surface area contributed by atoms with Gasteiger partial charge in [0.25, 0.3) is 0 Å². The molecule has 0 bridgehead atoms. The van der Waals surface area contributed by atoms with Crippen molar-refractivity contribution in [1.29, 1.82) is 0 Å². The quantitative estimate of drug-likeness (QED) is 0.752. The van der Waals surface area contributed by atoms with Gasteiger partial charge in [0.05, 0.1) is 0 Å². The minimum Gasteiger partial charge on any atom is -0.480 e. The molecule has 1 unspecified atom stereocenters. The summed E-state index contributed by atoms with van der Waals surface area (Å²) in [7, 11) is 1.64. The molecule has 0 amide bonds. The monoisotopic (exact) mass is 227 g/mol. The molecule has 0 saturated carbocycles. The van der Waals surface area contributed by atoms with Gasteiger partial charge in [0.15, 0.2) is 0 Å². The minimum absolute atomic E-state index is 0.481. The lowest BCUT2D eigenvalue weighted by Gasteiger charge is -2.11. The molecule has 2 N–H and O–H groups in total. The highest BCUT2D eigenvalue weighted by Gasteiger charge is 2.14. The number of carboxylic acids is 1. The van der Waals surface area contributed by atoms with E-state index in [-0.39, 0.29) is 0 Å². The number of alkyl halides is 1. The summed E-state index contributed by atoms with van der Waals surface area (Å²) in [5.41, 5.74) is 2.03. The Balaban J connectivity index is 2.67. The van der Waals surface area contributed by atoms with E-state index < -0.39 is 12.0 Å². The lowest BCUT2D eigenvalue weighted by Crippen LogP contribution is -2.35. The van der Waals surface area contributed by atoms with Crippen molar-refractivity contribution in [3.05, 3.63) is 35.4 Å². The second-order valence-corrected chi connectivity index (χ2v) is 3.60. The first kappa shape index (κ1) is 12.0. The molecule has 0 aliphatic heterocycles. The molecule has 0 radical (unpaired) electrons. The van der Waals surface area contributed by atoms with Crippen molar-refractivity contribution in [2.75, 3.05) is 7.05 Å². The summed E-state index contributed by atoms with van der Waals surface area (Å²) in [6, 6.07) is 7.11. The van der Waals surface area contributed by atoms with E-state index in [1.165, 1.54) is 0 Å². The van der Waals surface area contributed by atoms with E-state index in [9.17, 15) is 4.79 Å². The Morgan fingerprint density at radius 2 is 1.93 bits per heavy atom. The fourth-order valence-electron chi connectivity index (χ4n) is 1.31. The van der Waals surface area contributed by atoms with Crippen LogP contribution in [-0.4, -0.2) is 24.2 Å². The SMILES string of the molecule is CNC(Cc1ccc(CCl)cc1)C(=O)O. The number of benzene rings is 1. The lowest BCUT2D eigenvalue weighted by molar-refractivity contribution is -0.139. The number of rotatable bonds is 5. The van der Waals surface area contributed by atoms with Crippen LogP contribution in [0.1, 0.15) is 11.1 Å². The molecule has 0 spiro atoms. The van der Waals surface area contributed by atoms with E-state index >= 15 is 0 Å². The number of aliphatic carboxylic acids is 1. The zero-order valence-electron chi connectivity index (χ0n) is 8.53. The van der Waals surface area contributed by atoms with Gasteiger partial charge < -0.3 is 10.4 Å². The molecular formula is C11H14ClNO2. The van der Waals surface area contributed by atoms with Crippen molar-refractivity contribution < 1.29 is 9.90 Å². The Morgan fingerprint density at radius 1 is 1.40 bits per heavy atom. The van der Waals surface area contributed by atoms with E-state index in [4.69, 9.17) is 16.7 Å². The molecule has 1 atom stereocenters. The molecule has 1 aromatic carbocycles. The molecule has 3 nitrogen and oxygen atoms in total. The standard InChI is InChI=1S/C11H14ClNO2/c1-13-10(11(14)15)6-8-2-4-9(7-12)5-3-8/h2-5,10,13H,6-7H2,1H3,(H,14,15). The maximum Gasteiger partial charge on any atom is 0.321 e. The van der Waals surface area contributed by atoms with Gasteiger partial charge in [-0.3, -0.25) is 4.79 Å². The Hall–Kier alpha value is -1.06. The van der Waals surface area contributed by atoms with Crippen molar-refractivity contribution in [1.82, 2.24) is 5.32 Å². The Morgan fingerprint density at radius 3 is 2.33 bits per heavy atom. The third kappa shape index (κ3) is 3.53. The van der Waals surface area contributed by atoms with Crippen LogP contribution >= 0.6 is 11.6 Å². The molecule has 15 heavy (non-hydrogen) atoms. The molecule has 0 fully saturated rings. The summed E-state index contributed by atoms with van der Waals surface area (Å²) in [4.78, 5) is 10.8. The van der Waals surface area contributed by atoms with E-state index in [1.54, 1.807) is 7.05 Å². The molecule has 82 valence electrons. The van der Waals surface area contributed by atoms with Gasteiger partial charge in [0.1, 0.15) is 6.04 Å². The van der Waals surface area contributed by atoms with E-state index in [2.05, 4.69) is 5.32 Å². The van der Waals surface area contributed by atoms with Gasteiger partial charge in [-0.2, -0.15) is 0 Å². The summed E-state index contributed by atoms with van der Waals surface area (Å²) < 4.78 is 0. The van der Waals surface area contributed by atoms with E-state index in [1.807, 2.05) is 24.3 Å². The second kappa shape index (κ2) is 5.73. The van der Waals surface area contributed by atoms with Crippen LogP contribution in [0.25, 0.3) is 0 Å². The Bertz CT molecular complexity index is 324. The van der Waals surface area contributed by atoms with Crippen LogP contribution in [0.5, 0.6) is 0 Å². The first-order valence-electron chi connectivity index (χ1n) is 4.71. The van der Waals surface area contributed by atoms with Gasteiger partial charge in [-0.05, 0) is 24.6 Å². The third-order valence-corrected chi connectivity index (χ3v) is 2.57. The fraction of sp³-hybridized carbons (Fsp3) is 0.364. The molecule has 4 heteroatoms. The minimum atomic E-state index is -0.834. The van der Waals surface area contributed by atoms with Crippen LogP contribution in [0, 0.1) is 0 Å². The molecule has 0 aliphatic carbocycles. The molecule has 1 aromatic rings. The van der Waals surface area contributed by atoms with Crippen LogP contribution in [-0.2, 0) is 17.1 Å². The van der Waals surface area contributed by atoms with Crippen LogP contribution in [0.3, 0.4) is 0 Å². The van der Waals surface area contributed by atoms with E-state index in [0.717, 1.165) is 11.1 Å². The summed E-state index contributed by atoms with van der Waals surface area (Å²) in [6.45, 7) is 0. The van der Waals surface area contributed by atoms with Gasteiger partial charge in [0, 0.05) is 5.88 Å². The fourth-order valence-corrected chi connectivity index (χ4v) is 1.49. The van der Waals surface area contributed by atoms with Crippen molar-refractivity contribution in [2.45, 2.75) is 18.3 Å². The summed E-state index contributed by atoms with van der Waals surface area (Å²) >= 11 is 5.66. The van der Waals surface area contributed by atoms with Gasteiger partial charge in [-0.1, -0.05) is 24.3 Å². The van der Waals surface area contributed by atoms with Crippen molar-refractivity contribution in [2.24, 2.45) is 0 Å². The van der Waals surface area contributed by atoms with Gasteiger partial charge in [-0.25, -0.2) is 0 Å². The number of nitrogens with one attached hydrogen (secondary N) is 1. The highest BCUT2D eigenvalue weighted by Crippen LogP contribution is 2.08. The number of carboxylic acid groups (broad SMARTS) is 1. The summed E-state index contributed by atoms with van der Waals surface area (Å²) in [5.74, 6) is -0.354. The average Bonchev–Trinajstić information content (AvgIpc) is 2.26. The molecule has 0 heterocycles. The molecule has 0 aliphatic rings. The van der Waals surface area contributed by atoms with E-state index in [0.29, 0.717) is 12.3 Å². The normalized spacial score (nSPS) is 12.4. The van der Waals surface area contributed by atoms with Gasteiger partial charge in [0.2, 0.25) is 0 Å². The largest absolute Gasteiger partial charge is 0.480 e. The topological polar surface area (TPSA) is 49.3 Å². The highest BCUT2D eigenvalue weighted by molar-refractivity contribution is 6.17. The van der Waals surface area contributed by atoms with Crippen LogP contribution in [0.2, 0.25) is 0 Å². The molecule has 1 rings (SSSR count). The maximum atomic E-state index is 10.8. The number of carbonyl (C=O) groups is 1. The van der Waals surface area contributed by atoms with Crippen molar-refractivity contribution in [3.63, 3.8) is 0 Å². The number of likely N-dealkylation sites (N-methyl/N-ethyl adjacent to an activating group) is 1. The van der Waals surface area contributed by atoms with Crippen molar-refractivity contribution in [3.8, 4) is 0 Å².